The van der Waals surface area contributed by atoms with Gasteiger partial charge in [-0.05, 0) is 56.1 Å². The zero-order chi connectivity index (χ0) is 13.5. The van der Waals surface area contributed by atoms with Crippen LogP contribution in [0, 0.1) is 5.92 Å². The van der Waals surface area contributed by atoms with Gasteiger partial charge in [0, 0.05) is 13.1 Å². The number of nitrogens with one attached hydrogen (secondary N) is 1. The van der Waals surface area contributed by atoms with Crippen molar-refractivity contribution < 1.29 is 4.74 Å². The minimum absolute atomic E-state index is 0. The van der Waals surface area contributed by atoms with E-state index in [1.54, 1.807) is 7.11 Å². The third-order valence-corrected chi connectivity index (χ3v) is 3.99. The SMILES string of the molecule is CCN(Cc1ccc(OC)cc1)CC1CCNCC1.Cl. The van der Waals surface area contributed by atoms with Gasteiger partial charge in [-0.2, -0.15) is 0 Å². The highest BCUT2D eigenvalue weighted by molar-refractivity contribution is 5.85. The van der Waals surface area contributed by atoms with Crippen LogP contribution in [0.4, 0.5) is 0 Å². The number of benzene rings is 1. The molecule has 1 fully saturated rings. The van der Waals surface area contributed by atoms with E-state index in [1.807, 2.05) is 12.1 Å². The van der Waals surface area contributed by atoms with Crippen molar-refractivity contribution in [3.05, 3.63) is 29.8 Å². The van der Waals surface area contributed by atoms with E-state index in [2.05, 4.69) is 29.3 Å². The van der Waals surface area contributed by atoms with Gasteiger partial charge in [0.1, 0.15) is 5.75 Å². The van der Waals surface area contributed by atoms with Crippen LogP contribution in [-0.2, 0) is 6.54 Å². The molecule has 0 bridgehead atoms. The zero-order valence-electron chi connectivity index (χ0n) is 12.6. The lowest BCUT2D eigenvalue weighted by Crippen LogP contribution is -2.35. The molecule has 1 aliphatic heterocycles. The van der Waals surface area contributed by atoms with Gasteiger partial charge in [0.15, 0.2) is 0 Å². The quantitative estimate of drug-likeness (QED) is 0.874. The minimum atomic E-state index is 0. The van der Waals surface area contributed by atoms with E-state index in [4.69, 9.17) is 4.74 Å². The van der Waals surface area contributed by atoms with Gasteiger partial charge in [0.2, 0.25) is 0 Å². The summed E-state index contributed by atoms with van der Waals surface area (Å²) in [7, 11) is 1.71. The van der Waals surface area contributed by atoms with Crippen molar-refractivity contribution >= 4 is 12.4 Å². The smallest absolute Gasteiger partial charge is 0.118 e. The molecule has 0 saturated carbocycles. The summed E-state index contributed by atoms with van der Waals surface area (Å²) >= 11 is 0. The molecule has 0 aliphatic carbocycles. The topological polar surface area (TPSA) is 24.5 Å². The fourth-order valence-corrected chi connectivity index (χ4v) is 2.72. The lowest BCUT2D eigenvalue weighted by Gasteiger charge is -2.29. The fourth-order valence-electron chi connectivity index (χ4n) is 2.72. The first-order valence-corrected chi connectivity index (χ1v) is 7.37. The number of rotatable bonds is 6. The third kappa shape index (κ3) is 5.31. The van der Waals surface area contributed by atoms with Crippen LogP contribution in [0.2, 0.25) is 0 Å². The largest absolute Gasteiger partial charge is 0.497 e. The standard InChI is InChI=1S/C16H26N2O.ClH/c1-3-18(13-15-8-10-17-11-9-15)12-14-4-6-16(19-2)7-5-14;/h4-7,15,17H,3,8-13H2,1-2H3;1H. The molecule has 1 aromatic carbocycles. The summed E-state index contributed by atoms with van der Waals surface area (Å²) in [6, 6.07) is 8.44. The molecule has 0 atom stereocenters. The second kappa shape index (κ2) is 9.22. The summed E-state index contributed by atoms with van der Waals surface area (Å²) in [6.07, 6.45) is 2.64. The third-order valence-electron chi connectivity index (χ3n) is 3.99. The van der Waals surface area contributed by atoms with Gasteiger partial charge >= 0.3 is 0 Å². The van der Waals surface area contributed by atoms with Crippen LogP contribution in [0.3, 0.4) is 0 Å². The van der Waals surface area contributed by atoms with Gasteiger partial charge in [0.25, 0.3) is 0 Å². The zero-order valence-corrected chi connectivity index (χ0v) is 13.4. The average Bonchev–Trinajstić information content (AvgIpc) is 2.48. The van der Waals surface area contributed by atoms with E-state index in [0.717, 1.165) is 24.8 Å². The van der Waals surface area contributed by atoms with Crippen LogP contribution in [0.1, 0.15) is 25.3 Å². The molecule has 1 heterocycles. The Bertz CT molecular complexity index is 363. The van der Waals surface area contributed by atoms with Gasteiger partial charge in [-0.25, -0.2) is 0 Å². The Morgan fingerprint density at radius 2 is 1.85 bits per heavy atom. The number of piperidine rings is 1. The molecule has 0 radical (unpaired) electrons. The fraction of sp³-hybridized carbons (Fsp3) is 0.625. The molecule has 1 aliphatic rings. The predicted octanol–water partition coefficient (Wildman–Crippen LogP) is 2.94. The van der Waals surface area contributed by atoms with E-state index in [-0.39, 0.29) is 12.4 Å². The van der Waals surface area contributed by atoms with Crippen LogP contribution in [0.5, 0.6) is 5.75 Å². The normalized spacial score (nSPS) is 15.9. The molecule has 2 rings (SSSR count). The van der Waals surface area contributed by atoms with E-state index in [9.17, 15) is 0 Å². The molecule has 3 nitrogen and oxygen atoms in total. The molecule has 0 amide bonds. The van der Waals surface area contributed by atoms with Crippen molar-refractivity contribution in [3.63, 3.8) is 0 Å². The first-order chi connectivity index (χ1) is 9.31. The molecule has 114 valence electrons. The molecule has 20 heavy (non-hydrogen) atoms. The van der Waals surface area contributed by atoms with Crippen LogP contribution in [0.15, 0.2) is 24.3 Å². The Morgan fingerprint density at radius 3 is 2.40 bits per heavy atom. The first-order valence-electron chi connectivity index (χ1n) is 7.37. The Labute approximate surface area is 129 Å². The maximum atomic E-state index is 5.20. The lowest BCUT2D eigenvalue weighted by atomic mass is 9.97. The average molecular weight is 299 g/mol. The number of halogens is 1. The molecule has 1 aromatic rings. The highest BCUT2D eigenvalue weighted by Gasteiger charge is 2.16. The molecule has 0 aromatic heterocycles. The summed E-state index contributed by atoms with van der Waals surface area (Å²) in [5.41, 5.74) is 1.37. The van der Waals surface area contributed by atoms with Crippen LogP contribution < -0.4 is 10.1 Å². The lowest BCUT2D eigenvalue weighted by molar-refractivity contribution is 0.207. The Balaban J connectivity index is 0.00000200. The van der Waals surface area contributed by atoms with Crippen molar-refractivity contribution in [2.75, 3.05) is 33.3 Å². The number of methoxy groups -OCH3 is 1. The summed E-state index contributed by atoms with van der Waals surface area (Å²) < 4.78 is 5.20. The minimum Gasteiger partial charge on any atom is -0.497 e. The number of ether oxygens (including phenoxy) is 1. The second-order valence-electron chi connectivity index (χ2n) is 5.37. The van der Waals surface area contributed by atoms with Crippen molar-refractivity contribution in [3.8, 4) is 5.75 Å². The van der Waals surface area contributed by atoms with Gasteiger partial charge in [-0.3, -0.25) is 4.90 Å². The summed E-state index contributed by atoms with van der Waals surface area (Å²) in [5.74, 6) is 1.80. The maximum absolute atomic E-state index is 5.20. The number of hydrogen-bond acceptors (Lipinski definition) is 3. The molecular weight excluding hydrogens is 272 g/mol. The van der Waals surface area contributed by atoms with Gasteiger partial charge in [-0.15, -0.1) is 12.4 Å². The predicted molar refractivity (Wildman–Crippen MR) is 86.8 cm³/mol. The second-order valence-corrected chi connectivity index (χ2v) is 5.37. The maximum Gasteiger partial charge on any atom is 0.118 e. The molecule has 1 N–H and O–H groups in total. The van der Waals surface area contributed by atoms with Crippen molar-refractivity contribution in [1.82, 2.24) is 10.2 Å². The van der Waals surface area contributed by atoms with Gasteiger partial charge in [0.05, 0.1) is 7.11 Å². The first kappa shape index (κ1) is 17.3. The summed E-state index contributed by atoms with van der Waals surface area (Å²) in [4.78, 5) is 2.55. The molecule has 0 spiro atoms. The van der Waals surface area contributed by atoms with E-state index in [0.29, 0.717) is 0 Å². The molecule has 0 unspecified atom stereocenters. The van der Waals surface area contributed by atoms with Crippen molar-refractivity contribution in [2.45, 2.75) is 26.3 Å². The van der Waals surface area contributed by atoms with Crippen molar-refractivity contribution in [1.29, 1.82) is 0 Å². The Hall–Kier alpha value is -0.770. The van der Waals surface area contributed by atoms with Crippen molar-refractivity contribution in [2.24, 2.45) is 5.92 Å². The molecular formula is C16H27ClN2O. The Morgan fingerprint density at radius 1 is 1.20 bits per heavy atom. The summed E-state index contributed by atoms with van der Waals surface area (Å²) in [6.45, 7) is 8.02. The Kier molecular flexibility index (Phi) is 7.97. The van der Waals surface area contributed by atoms with Crippen LogP contribution >= 0.6 is 12.4 Å². The van der Waals surface area contributed by atoms with E-state index < -0.39 is 0 Å². The van der Waals surface area contributed by atoms with E-state index in [1.165, 1.54) is 38.0 Å². The van der Waals surface area contributed by atoms with Crippen LogP contribution in [-0.4, -0.2) is 38.2 Å². The number of nitrogens with zero attached hydrogens (tertiary/aromatic N) is 1. The molecule has 4 heteroatoms. The van der Waals surface area contributed by atoms with Gasteiger partial charge in [-0.1, -0.05) is 19.1 Å². The monoisotopic (exact) mass is 298 g/mol. The number of hydrogen-bond donors (Lipinski definition) is 1. The summed E-state index contributed by atoms with van der Waals surface area (Å²) in [5, 5.41) is 3.44. The highest BCUT2D eigenvalue weighted by Crippen LogP contribution is 2.17. The highest BCUT2D eigenvalue weighted by atomic mass is 35.5. The van der Waals surface area contributed by atoms with Crippen LogP contribution in [0.25, 0.3) is 0 Å². The van der Waals surface area contributed by atoms with Gasteiger partial charge < -0.3 is 10.1 Å². The van der Waals surface area contributed by atoms with E-state index >= 15 is 0 Å². The molecule has 1 saturated heterocycles.